The molecule has 0 saturated carbocycles. The third kappa shape index (κ3) is 2.63. The van der Waals surface area contributed by atoms with Gasteiger partial charge in [-0.1, -0.05) is 15.9 Å². The van der Waals surface area contributed by atoms with Crippen molar-refractivity contribution >= 4 is 33.0 Å². The summed E-state index contributed by atoms with van der Waals surface area (Å²) in [6.07, 6.45) is 0. The third-order valence-corrected chi connectivity index (χ3v) is 3.51. The lowest BCUT2D eigenvalue weighted by Crippen LogP contribution is -1.97. The molecule has 0 aliphatic heterocycles. The minimum absolute atomic E-state index is 0.560. The summed E-state index contributed by atoms with van der Waals surface area (Å²) in [5, 5.41) is 12.0. The highest BCUT2D eigenvalue weighted by molar-refractivity contribution is 9.10. The number of nitrogens with zero attached hydrogens (tertiary/aromatic N) is 1. The molecule has 0 spiro atoms. The molecule has 0 amide bonds. The van der Waals surface area contributed by atoms with Gasteiger partial charge in [-0.3, -0.25) is 0 Å². The molecule has 0 saturated heterocycles. The van der Waals surface area contributed by atoms with Gasteiger partial charge >= 0.3 is 0 Å². The Morgan fingerprint density at radius 1 is 1.22 bits per heavy atom. The Morgan fingerprint density at radius 2 is 2.00 bits per heavy atom. The van der Waals surface area contributed by atoms with E-state index in [9.17, 15) is 0 Å². The molecule has 0 aliphatic carbocycles. The molecular weight excluding hydrogens is 290 g/mol. The maximum absolute atomic E-state index is 8.78. The van der Waals surface area contributed by atoms with Gasteiger partial charge < -0.3 is 11.1 Å². The van der Waals surface area contributed by atoms with Gasteiger partial charge in [0.2, 0.25) is 0 Å². The van der Waals surface area contributed by atoms with E-state index in [-0.39, 0.29) is 0 Å². The van der Waals surface area contributed by atoms with Gasteiger partial charge in [0.15, 0.2) is 0 Å². The van der Waals surface area contributed by atoms with Crippen LogP contribution in [0.1, 0.15) is 11.1 Å². The SMILES string of the molecule is Cc1cc(Nc2ccc(C#N)cc2N)ccc1Br. The van der Waals surface area contributed by atoms with Crippen molar-refractivity contribution in [3.63, 3.8) is 0 Å². The Morgan fingerprint density at radius 3 is 2.61 bits per heavy atom. The van der Waals surface area contributed by atoms with E-state index in [2.05, 4.69) is 27.3 Å². The number of hydrogen-bond acceptors (Lipinski definition) is 3. The zero-order valence-corrected chi connectivity index (χ0v) is 11.5. The highest BCUT2D eigenvalue weighted by Crippen LogP contribution is 2.26. The zero-order chi connectivity index (χ0) is 13.1. The van der Waals surface area contributed by atoms with Crippen LogP contribution in [0.15, 0.2) is 40.9 Å². The minimum Gasteiger partial charge on any atom is -0.397 e. The molecule has 2 aromatic rings. The van der Waals surface area contributed by atoms with Crippen LogP contribution in [0.3, 0.4) is 0 Å². The highest BCUT2D eigenvalue weighted by atomic mass is 79.9. The third-order valence-electron chi connectivity index (χ3n) is 2.62. The molecular formula is C14H12BrN3. The Labute approximate surface area is 114 Å². The normalized spacial score (nSPS) is 9.83. The van der Waals surface area contributed by atoms with E-state index in [1.54, 1.807) is 12.1 Å². The van der Waals surface area contributed by atoms with Crippen molar-refractivity contribution in [2.45, 2.75) is 6.92 Å². The average molecular weight is 302 g/mol. The molecule has 0 unspecified atom stereocenters. The van der Waals surface area contributed by atoms with Gasteiger partial charge in [0, 0.05) is 10.2 Å². The molecule has 4 heteroatoms. The quantitative estimate of drug-likeness (QED) is 0.826. The van der Waals surface area contributed by atoms with Crippen LogP contribution in [0.25, 0.3) is 0 Å². The van der Waals surface area contributed by atoms with E-state index < -0.39 is 0 Å². The van der Waals surface area contributed by atoms with E-state index in [4.69, 9.17) is 11.0 Å². The number of hydrogen-bond donors (Lipinski definition) is 2. The maximum atomic E-state index is 8.78. The fourth-order valence-corrected chi connectivity index (χ4v) is 1.87. The van der Waals surface area contributed by atoms with Gasteiger partial charge in [-0.25, -0.2) is 0 Å². The molecule has 0 heterocycles. The van der Waals surface area contributed by atoms with Crippen LogP contribution < -0.4 is 11.1 Å². The van der Waals surface area contributed by atoms with E-state index >= 15 is 0 Å². The van der Waals surface area contributed by atoms with Crippen LogP contribution in [-0.4, -0.2) is 0 Å². The number of nitrogens with two attached hydrogens (primary N) is 1. The fourth-order valence-electron chi connectivity index (χ4n) is 1.62. The molecule has 0 aromatic heterocycles. The second-order valence-corrected chi connectivity index (χ2v) is 4.86. The maximum Gasteiger partial charge on any atom is 0.0992 e. The number of aryl methyl sites for hydroxylation is 1. The van der Waals surface area contributed by atoms with Crippen molar-refractivity contribution in [1.82, 2.24) is 0 Å². The molecule has 3 nitrogen and oxygen atoms in total. The van der Waals surface area contributed by atoms with Crippen molar-refractivity contribution in [2.24, 2.45) is 0 Å². The molecule has 0 bridgehead atoms. The number of anilines is 3. The first-order chi connectivity index (χ1) is 8.60. The zero-order valence-electron chi connectivity index (χ0n) is 9.87. The first-order valence-corrected chi connectivity index (χ1v) is 6.22. The summed E-state index contributed by atoms with van der Waals surface area (Å²) in [7, 11) is 0. The number of halogens is 1. The van der Waals surface area contributed by atoms with Crippen molar-refractivity contribution < 1.29 is 0 Å². The van der Waals surface area contributed by atoms with Crippen molar-refractivity contribution in [1.29, 1.82) is 5.26 Å². The molecule has 0 radical (unpaired) electrons. The van der Waals surface area contributed by atoms with E-state index in [0.29, 0.717) is 11.3 Å². The molecule has 0 aliphatic rings. The standard InChI is InChI=1S/C14H12BrN3/c1-9-6-11(3-4-12(9)15)18-14-5-2-10(8-16)7-13(14)17/h2-7,18H,17H2,1H3. The van der Waals surface area contributed by atoms with Gasteiger partial charge in [0.05, 0.1) is 23.0 Å². The van der Waals surface area contributed by atoms with Crippen LogP contribution in [0, 0.1) is 18.3 Å². The summed E-state index contributed by atoms with van der Waals surface area (Å²) in [4.78, 5) is 0. The fraction of sp³-hybridized carbons (Fsp3) is 0.0714. The van der Waals surface area contributed by atoms with Gasteiger partial charge in [0.25, 0.3) is 0 Å². The second kappa shape index (κ2) is 5.11. The molecule has 0 atom stereocenters. The number of rotatable bonds is 2. The molecule has 90 valence electrons. The molecule has 2 rings (SSSR count). The predicted octanol–water partition coefficient (Wildman–Crippen LogP) is 3.96. The van der Waals surface area contributed by atoms with Gasteiger partial charge in [-0.05, 0) is 48.9 Å². The Bertz CT molecular complexity index is 629. The summed E-state index contributed by atoms with van der Waals surface area (Å²) in [6.45, 7) is 2.03. The van der Waals surface area contributed by atoms with Crippen LogP contribution in [0.5, 0.6) is 0 Å². The Balaban J connectivity index is 2.29. The number of benzene rings is 2. The topological polar surface area (TPSA) is 61.8 Å². The number of nitrogens with one attached hydrogen (secondary N) is 1. The lowest BCUT2D eigenvalue weighted by atomic mass is 10.1. The molecule has 2 aromatic carbocycles. The van der Waals surface area contributed by atoms with E-state index in [0.717, 1.165) is 21.4 Å². The number of nitrogen functional groups attached to an aromatic ring is 1. The van der Waals surface area contributed by atoms with Crippen LogP contribution in [0.2, 0.25) is 0 Å². The van der Waals surface area contributed by atoms with Gasteiger partial charge in [-0.15, -0.1) is 0 Å². The lowest BCUT2D eigenvalue weighted by Gasteiger charge is -2.10. The minimum atomic E-state index is 0.560. The van der Waals surface area contributed by atoms with Crippen molar-refractivity contribution in [3.05, 3.63) is 52.0 Å². The lowest BCUT2D eigenvalue weighted by molar-refractivity contribution is 1.41. The Hall–Kier alpha value is -1.99. The van der Waals surface area contributed by atoms with E-state index in [1.165, 1.54) is 0 Å². The van der Waals surface area contributed by atoms with Gasteiger partial charge in [0.1, 0.15) is 0 Å². The van der Waals surface area contributed by atoms with Crippen molar-refractivity contribution in [2.75, 3.05) is 11.1 Å². The smallest absolute Gasteiger partial charge is 0.0992 e. The highest BCUT2D eigenvalue weighted by Gasteiger charge is 2.02. The second-order valence-electron chi connectivity index (χ2n) is 4.00. The largest absolute Gasteiger partial charge is 0.397 e. The summed E-state index contributed by atoms with van der Waals surface area (Å²) in [5.41, 5.74) is 9.93. The molecule has 0 fully saturated rings. The monoisotopic (exact) mass is 301 g/mol. The van der Waals surface area contributed by atoms with Crippen LogP contribution >= 0.6 is 15.9 Å². The first kappa shape index (κ1) is 12.5. The van der Waals surface area contributed by atoms with E-state index in [1.807, 2.05) is 31.2 Å². The summed E-state index contributed by atoms with van der Waals surface area (Å²) in [6, 6.07) is 13.3. The predicted molar refractivity (Wildman–Crippen MR) is 77.7 cm³/mol. The summed E-state index contributed by atoms with van der Waals surface area (Å²) < 4.78 is 1.07. The number of nitriles is 1. The summed E-state index contributed by atoms with van der Waals surface area (Å²) >= 11 is 3.46. The first-order valence-electron chi connectivity index (χ1n) is 5.43. The summed E-state index contributed by atoms with van der Waals surface area (Å²) in [5.74, 6) is 0. The van der Waals surface area contributed by atoms with Crippen molar-refractivity contribution in [3.8, 4) is 6.07 Å². The molecule has 18 heavy (non-hydrogen) atoms. The average Bonchev–Trinajstić information content (AvgIpc) is 2.36. The molecule has 3 N–H and O–H groups in total. The van der Waals surface area contributed by atoms with Crippen LogP contribution in [-0.2, 0) is 0 Å². The Kier molecular flexibility index (Phi) is 3.54. The van der Waals surface area contributed by atoms with Crippen LogP contribution in [0.4, 0.5) is 17.1 Å². The van der Waals surface area contributed by atoms with Gasteiger partial charge in [-0.2, -0.15) is 5.26 Å².